The molecule has 23 heavy (non-hydrogen) atoms. The van der Waals surface area contributed by atoms with E-state index < -0.39 is 14.6 Å². The minimum atomic E-state index is -3.15. The maximum atomic E-state index is 11.8. The number of sulfone groups is 1. The highest BCUT2D eigenvalue weighted by Gasteiger charge is 2.30. The minimum Gasteiger partial charge on any atom is -0.355 e. The molecule has 1 aromatic rings. The van der Waals surface area contributed by atoms with Crippen molar-refractivity contribution in [1.82, 2.24) is 14.8 Å². The van der Waals surface area contributed by atoms with Gasteiger partial charge in [-0.25, -0.2) is 8.42 Å². The number of aromatic nitrogens is 1. The Kier molecular flexibility index (Phi) is 8.39. The lowest BCUT2D eigenvalue weighted by molar-refractivity contribution is 0.455. The van der Waals surface area contributed by atoms with E-state index in [-0.39, 0.29) is 30.5 Å². The molecule has 1 heterocycles. The highest BCUT2D eigenvalue weighted by atomic mass is 127. The Morgan fingerprint density at radius 2 is 2.04 bits per heavy atom. The standard InChI is InChI=1S/C14H25ClN4O2S.HI/c1-14(2,22(6,20)21)10-17-13(16-3)19(5)9-12-7-11(15)8-18(12)4;/h7-8H,9-10H2,1-6H3,(H,16,17);1H. The second-order valence-electron chi connectivity index (χ2n) is 6.05. The lowest BCUT2D eigenvalue weighted by Crippen LogP contribution is -2.48. The zero-order valence-corrected chi connectivity index (χ0v) is 18.3. The Bertz CT molecular complexity index is 656. The summed E-state index contributed by atoms with van der Waals surface area (Å²) in [6, 6.07) is 1.89. The Balaban J connectivity index is 0.00000484. The van der Waals surface area contributed by atoms with Gasteiger partial charge in [0, 0.05) is 45.8 Å². The number of halogens is 2. The number of aliphatic imine (C=N–C) groups is 1. The number of nitrogens with one attached hydrogen (secondary N) is 1. The molecule has 0 atom stereocenters. The van der Waals surface area contributed by atoms with Gasteiger partial charge in [0.1, 0.15) is 0 Å². The summed E-state index contributed by atoms with van der Waals surface area (Å²) in [5.74, 6) is 0.633. The van der Waals surface area contributed by atoms with Crippen LogP contribution >= 0.6 is 35.6 Å². The molecule has 1 aromatic heterocycles. The maximum absolute atomic E-state index is 11.8. The van der Waals surface area contributed by atoms with Crippen LogP contribution in [0.25, 0.3) is 0 Å². The molecule has 0 radical (unpaired) electrons. The smallest absolute Gasteiger partial charge is 0.193 e. The first kappa shape index (κ1) is 22.5. The summed E-state index contributed by atoms with van der Waals surface area (Å²) < 4.78 is 24.6. The number of guanidine groups is 1. The average Bonchev–Trinajstić information content (AvgIpc) is 2.67. The minimum absolute atomic E-state index is 0. The third-order valence-electron chi connectivity index (χ3n) is 3.72. The van der Waals surface area contributed by atoms with E-state index >= 15 is 0 Å². The molecule has 0 aliphatic heterocycles. The van der Waals surface area contributed by atoms with Crippen LogP contribution < -0.4 is 5.32 Å². The zero-order valence-electron chi connectivity index (χ0n) is 14.4. The summed E-state index contributed by atoms with van der Waals surface area (Å²) >= 11 is 5.98. The molecule has 0 saturated heterocycles. The first-order chi connectivity index (χ1) is 9.98. The Morgan fingerprint density at radius 1 is 1.48 bits per heavy atom. The van der Waals surface area contributed by atoms with Crippen LogP contribution in [0.1, 0.15) is 19.5 Å². The summed E-state index contributed by atoms with van der Waals surface area (Å²) in [6.45, 7) is 4.29. The number of hydrogen-bond acceptors (Lipinski definition) is 3. The second-order valence-corrected chi connectivity index (χ2v) is 9.14. The van der Waals surface area contributed by atoms with Gasteiger partial charge in [0.25, 0.3) is 0 Å². The highest BCUT2D eigenvalue weighted by molar-refractivity contribution is 14.0. The molecule has 0 spiro atoms. The normalized spacial score (nSPS) is 12.7. The summed E-state index contributed by atoms with van der Waals surface area (Å²) in [7, 11) is 2.34. The zero-order chi connectivity index (χ0) is 17.1. The van der Waals surface area contributed by atoms with E-state index in [1.54, 1.807) is 20.9 Å². The van der Waals surface area contributed by atoms with E-state index in [1.807, 2.05) is 35.8 Å². The number of rotatable bonds is 5. The van der Waals surface area contributed by atoms with Gasteiger partial charge in [-0.1, -0.05) is 11.6 Å². The molecule has 0 saturated carbocycles. The van der Waals surface area contributed by atoms with Crippen LogP contribution in [0.15, 0.2) is 17.3 Å². The summed E-state index contributed by atoms with van der Waals surface area (Å²) in [5, 5.41) is 3.80. The Labute approximate surface area is 161 Å². The van der Waals surface area contributed by atoms with Crippen LogP contribution in [0, 0.1) is 0 Å². The van der Waals surface area contributed by atoms with Crippen molar-refractivity contribution >= 4 is 51.4 Å². The van der Waals surface area contributed by atoms with Gasteiger partial charge in [0.15, 0.2) is 15.8 Å². The molecule has 0 fully saturated rings. The number of nitrogens with zero attached hydrogens (tertiary/aromatic N) is 3. The SMILES string of the molecule is CN=C(NCC(C)(C)S(C)(=O)=O)N(C)Cc1cc(Cl)cn1C.I. The maximum Gasteiger partial charge on any atom is 0.193 e. The molecule has 0 bridgehead atoms. The summed E-state index contributed by atoms with van der Waals surface area (Å²) in [5.41, 5.74) is 1.04. The Morgan fingerprint density at radius 3 is 2.43 bits per heavy atom. The predicted molar refractivity (Wildman–Crippen MR) is 108 cm³/mol. The van der Waals surface area contributed by atoms with Gasteiger partial charge >= 0.3 is 0 Å². The van der Waals surface area contributed by atoms with Crippen LogP contribution in [-0.4, -0.2) is 55.5 Å². The van der Waals surface area contributed by atoms with Crippen molar-refractivity contribution in [3.05, 3.63) is 23.0 Å². The quantitative estimate of drug-likeness (QED) is 0.402. The Hall–Kier alpha value is -0.480. The van der Waals surface area contributed by atoms with E-state index in [9.17, 15) is 8.42 Å². The molecule has 0 aliphatic rings. The van der Waals surface area contributed by atoms with Crippen molar-refractivity contribution in [3.63, 3.8) is 0 Å². The fourth-order valence-corrected chi connectivity index (χ4v) is 2.46. The van der Waals surface area contributed by atoms with Gasteiger partial charge in [0.05, 0.1) is 16.3 Å². The fourth-order valence-electron chi connectivity index (χ4n) is 1.85. The molecule has 0 aliphatic carbocycles. The predicted octanol–water partition coefficient (Wildman–Crippen LogP) is 2.13. The van der Waals surface area contributed by atoms with Crippen LogP contribution in [-0.2, 0) is 23.4 Å². The fraction of sp³-hybridized carbons (Fsp3) is 0.643. The number of hydrogen-bond donors (Lipinski definition) is 1. The van der Waals surface area contributed by atoms with Gasteiger partial charge in [-0.05, 0) is 19.9 Å². The molecule has 134 valence electrons. The molecule has 0 unspecified atom stereocenters. The molecule has 0 amide bonds. The van der Waals surface area contributed by atoms with E-state index in [2.05, 4.69) is 10.3 Å². The molecule has 1 rings (SSSR count). The molecule has 9 heteroatoms. The van der Waals surface area contributed by atoms with Crippen LogP contribution in [0.4, 0.5) is 0 Å². The van der Waals surface area contributed by atoms with Gasteiger partial charge in [-0.2, -0.15) is 0 Å². The van der Waals surface area contributed by atoms with Gasteiger partial charge in [-0.3, -0.25) is 4.99 Å². The molecular weight excluding hydrogens is 451 g/mol. The van der Waals surface area contributed by atoms with Crippen molar-refractivity contribution in [2.45, 2.75) is 25.1 Å². The molecule has 6 nitrogen and oxygen atoms in total. The first-order valence-electron chi connectivity index (χ1n) is 6.90. The van der Waals surface area contributed by atoms with Crippen LogP contribution in [0.5, 0.6) is 0 Å². The number of aryl methyl sites for hydroxylation is 1. The van der Waals surface area contributed by atoms with Gasteiger partial charge in [0.2, 0.25) is 0 Å². The monoisotopic (exact) mass is 476 g/mol. The highest BCUT2D eigenvalue weighted by Crippen LogP contribution is 2.15. The molecule has 1 N–H and O–H groups in total. The molecule has 0 aromatic carbocycles. The molecular formula is C14H26ClIN4O2S. The van der Waals surface area contributed by atoms with Crippen molar-refractivity contribution in [2.75, 3.05) is 26.9 Å². The van der Waals surface area contributed by atoms with Crippen LogP contribution in [0.2, 0.25) is 5.02 Å². The van der Waals surface area contributed by atoms with E-state index in [0.717, 1.165) is 5.69 Å². The van der Waals surface area contributed by atoms with Gasteiger partial charge in [-0.15, -0.1) is 24.0 Å². The third-order valence-corrected chi connectivity index (χ3v) is 6.08. The van der Waals surface area contributed by atoms with E-state index in [0.29, 0.717) is 17.5 Å². The largest absolute Gasteiger partial charge is 0.355 e. The van der Waals surface area contributed by atoms with Crippen molar-refractivity contribution in [1.29, 1.82) is 0 Å². The van der Waals surface area contributed by atoms with Crippen molar-refractivity contribution in [3.8, 4) is 0 Å². The van der Waals surface area contributed by atoms with E-state index in [1.165, 1.54) is 6.26 Å². The second kappa shape index (κ2) is 8.57. The lowest BCUT2D eigenvalue weighted by atomic mass is 10.2. The first-order valence-corrected chi connectivity index (χ1v) is 9.17. The average molecular weight is 477 g/mol. The third kappa shape index (κ3) is 6.15. The summed E-state index contributed by atoms with van der Waals surface area (Å²) in [4.78, 5) is 6.12. The van der Waals surface area contributed by atoms with Gasteiger partial charge < -0.3 is 14.8 Å². The van der Waals surface area contributed by atoms with E-state index in [4.69, 9.17) is 11.6 Å². The summed E-state index contributed by atoms with van der Waals surface area (Å²) in [6.07, 6.45) is 3.08. The van der Waals surface area contributed by atoms with Crippen LogP contribution in [0.3, 0.4) is 0 Å². The van der Waals surface area contributed by atoms with Crippen molar-refractivity contribution < 1.29 is 8.42 Å². The topological polar surface area (TPSA) is 66.7 Å². The lowest BCUT2D eigenvalue weighted by Gasteiger charge is -2.27. The van der Waals surface area contributed by atoms with Crippen molar-refractivity contribution in [2.24, 2.45) is 12.0 Å².